The summed E-state index contributed by atoms with van der Waals surface area (Å²) in [7, 11) is 1.61. The number of rotatable bonds is 7. The van der Waals surface area contributed by atoms with Crippen LogP contribution < -0.4 is 10.1 Å². The number of likely N-dealkylation sites (N-methyl/N-ethyl adjacent to an activating group) is 1. The molecule has 0 heterocycles. The molecule has 1 N–H and O–H groups in total. The molecule has 122 valence electrons. The maximum absolute atomic E-state index is 12.9. The molecule has 2 rings (SSSR count). The van der Waals surface area contributed by atoms with Gasteiger partial charge in [0.15, 0.2) is 0 Å². The van der Waals surface area contributed by atoms with E-state index in [-0.39, 0.29) is 11.9 Å². The van der Waals surface area contributed by atoms with E-state index < -0.39 is 0 Å². The Bertz CT molecular complexity index is 624. The van der Waals surface area contributed by atoms with Crippen molar-refractivity contribution < 1.29 is 9.53 Å². The van der Waals surface area contributed by atoms with E-state index in [2.05, 4.69) is 24.1 Å². The number of nitrogens with zero attached hydrogens (tertiary/aromatic N) is 1. The molecule has 0 aromatic heterocycles. The minimum atomic E-state index is -0.308. The van der Waals surface area contributed by atoms with Crippen LogP contribution in [0.25, 0.3) is 0 Å². The van der Waals surface area contributed by atoms with Crippen molar-refractivity contribution in [2.24, 2.45) is 0 Å². The van der Waals surface area contributed by atoms with Crippen molar-refractivity contribution in [2.45, 2.75) is 19.9 Å². The van der Waals surface area contributed by atoms with Crippen LogP contribution in [0.3, 0.4) is 0 Å². The highest BCUT2D eigenvalue weighted by molar-refractivity contribution is 5.95. The molecule has 1 amide bonds. The van der Waals surface area contributed by atoms with Gasteiger partial charge in [-0.1, -0.05) is 50.2 Å². The van der Waals surface area contributed by atoms with Crippen LogP contribution in [0.15, 0.2) is 54.6 Å². The molecule has 23 heavy (non-hydrogen) atoms. The summed E-state index contributed by atoms with van der Waals surface area (Å²) in [5.41, 5.74) is 1.74. The molecule has 2 aromatic rings. The highest BCUT2D eigenvalue weighted by atomic mass is 16.5. The minimum absolute atomic E-state index is 0.0341. The summed E-state index contributed by atoms with van der Waals surface area (Å²) in [5, 5.41) is 3.00. The van der Waals surface area contributed by atoms with Gasteiger partial charge in [0.1, 0.15) is 11.8 Å². The number of ether oxygens (including phenoxy) is 1. The Kier molecular flexibility index (Phi) is 6.18. The molecule has 0 radical (unpaired) electrons. The van der Waals surface area contributed by atoms with Gasteiger partial charge in [0.05, 0.1) is 7.11 Å². The summed E-state index contributed by atoms with van der Waals surface area (Å²) in [4.78, 5) is 15.0. The van der Waals surface area contributed by atoms with E-state index in [1.807, 2.05) is 54.6 Å². The summed E-state index contributed by atoms with van der Waals surface area (Å²) >= 11 is 0. The maximum Gasteiger partial charge on any atom is 0.246 e. The molecule has 4 heteroatoms. The first-order valence-electron chi connectivity index (χ1n) is 7.93. The van der Waals surface area contributed by atoms with Gasteiger partial charge in [0.25, 0.3) is 0 Å². The van der Waals surface area contributed by atoms with Crippen molar-refractivity contribution in [3.63, 3.8) is 0 Å². The van der Waals surface area contributed by atoms with Crippen LogP contribution in [0.5, 0.6) is 5.75 Å². The Morgan fingerprint density at radius 2 is 1.78 bits per heavy atom. The van der Waals surface area contributed by atoms with Gasteiger partial charge in [-0.3, -0.25) is 9.69 Å². The van der Waals surface area contributed by atoms with Crippen LogP contribution in [-0.2, 0) is 4.79 Å². The number of carbonyl (C=O) groups is 1. The molecule has 0 fully saturated rings. The Morgan fingerprint density at radius 3 is 2.39 bits per heavy atom. The normalized spacial score (nSPS) is 12.0. The monoisotopic (exact) mass is 312 g/mol. The summed E-state index contributed by atoms with van der Waals surface area (Å²) in [5.74, 6) is 0.690. The van der Waals surface area contributed by atoms with E-state index in [0.717, 1.165) is 30.1 Å². The van der Waals surface area contributed by atoms with Gasteiger partial charge in [-0.25, -0.2) is 0 Å². The van der Waals surface area contributed by atoms with Gasteiger partial charge in [0.2, 0.25) is 5.91 Å². The van der Waals surface area contributed by atoms with Gasteiger partial charge in [0, 0.05) is 11.8 Å². The van der Waals surface area contributed by atoms with Crippen molar-refractivity contribution in [3.8, 4) is 5.75 Å². The molecule has 0 spiro atoms. The second-order valence-corrected chi connectivity index (χ2v) is 5.26. The number of carbonyl (C=O) groups excluding carboxylic acids is 1. The summed E-state index contributed by atoms with van der Waals surface area (Å²) in [6.07, 6.45) is 0. The van der Waals surface area contributed by atoms with Gasteiger partial charge in [-0.2, -0.15) is 0 Å². The molecule has 0 saturated carbocycles. The number of benzene rings is 2. The molecule has 0 aliphatic carbocycles. The molecule has 0 aliphatic heterocycles. The second kappa shape index (κ2) is 8.34. The van der Waals surface area contributed by atoms with Crippen LogP contribution in [-0.4, -0.2) is 31.0 Å². The Labute approximate surface area is 138 Å². The third-order valence-electron chi connectivity index (χ3n) is 3.88. The van der Waals surface area contributed by atoms with Gasteiger partial charge < -0.3 is 10.1 Å². The lowest BCUT2D eigenvalue weighted by Gasteiger charge is -2.29. The number of hydrogen-bond donors (Lipinski definition) is 1. The lowest BCUT2D eigenvalue weighted by Crippen LogP contribution is -2.37. The molecular weight excluding hydrogens is 288 g/mol. The van der Waals surface area contributed by atoms with Gasteiger partial charge >= 0.3 is 0 Å². The topological polar surface area (TPSA) is 41.6 Å². The van der Waals surface area contributed by atoms with Crippen molar-refractivity contribution >= 4 is 11.6 Å². The SMILES string of the molecule is CCN(CC)C(C(=O)Nc1cccc(OC)c1)c1ccccc1. The molecule has 2 aromatic carbocycles. The average Bonchev–Trinajstić information content (AvgIpc) is 2.60. The Morgan fingerprint density at radius 1 is 1.09 bits per heavy atom. The van der Waals surface area contributed by atoms with E-state index in [1.165, 1.54) is 0 Å². The fourth-order valence-electron chi connectivity index (χ4n) is 2.66. The molecular formula is C19H24N2O2. The predicted molar refractivity (Wildman–Crippen MR) is 93.7 cm³/mol. The smallest absolute Gasteiger partial charge is 0.246 e. The summed E-state index contributed by atoms with van der Waals surface area (Å²) < 4.78 is 5.21. The third-order valence-corrected chi connectivity index (χ3v) is 3.88. The Hall–Kier alpha value is -2.33. The fraction of sp³-hybridized carbons (Fsp3) is 0.316. The fourth-order valence-corrected chi connectivity index (χ4v) is 2.66. The lowest BCUT2D eigenvalue weighted by molar-refractivity contribution is -0.121. The number of methoxy groups -OCH3 is 1. The van der Waals surface area contributed by atoms with Crippen molar-refractivity contribution in [2.75, 3.05) is 25.5 Å². The van der Waals surface area contributed by atoms with Crippen molar-refractivity contribution in [1.29, 1.82) is 0 Å². The van der Waals surface area contributed by atoms with Crippen LogP contribution in [0, 0.1) is 0 Å². The molecule has 0 bridgehead atoms. The van der Waals surface area contributed by atoms with Crippen molar-refractivity contribution in [1.82, 2.24) is 4.90 Å². The lowest BCUT2D eigenvalue weighted by atomic mass is 10.0. The van der Waals surface area contributed by atoms with Crippen molar-refractivity contribution in [3.05, 3.63) is 60.2 Å². The molecule has 0 aliphatic rings. The van der Waals surface area contributed by atoms with Crippen LogP contribution in [0.1, 0.15) is 25.5 Å². The van der Waals surface area contributed by atoms with E-state index >= 15 is 0 Å². The van der Waals surface area contributed by atoms with E-state index in [9.17, 15) is 4.79 Å². The number of amides is 1. The highest BCUT2D eigenvalue weighted by Crippen LogP contribution is 2.24. The summed E-state index contributed by atoms with van der Waals surface area (Å²) in [6.45, 7) is 5.75. The van der Waals surface area contributed by atoms with Crippen LogP contribution in [0.4, 0.5) is 5.69 Å². The number of hydrogen-bond acceptors (Lipinski definition) is 3. The molecule has 4 nitrogen and oxygen atoms in total. The van der Waals surface area contributed by atoms with E-state index in [4.69, 9.17) is 4.74 Å². The van der Waals surface area contributed by atoms with Gasteiger partial charge in [-0.05, 0) is 30.8 Å². The van der Waals surface area contributed by atoms with E-state index in [0.29, 0.717) is 0 Å². The maximum atomic E-state index is 12.9. The quantitative estimate of drug-likeness (QED) is 0.847. The van der Waals surface area contributed by atoms with E-state index in [1.54, 1.807) is 7.11 Å². The average molecular weight is 312 g/mol. The first-order valence-corrected chi connectivity index (χ1v) is 7.93. The van der Waals surface area contributed by atoms with Crippen LogP contribution in [0.2, 0.25) is 0 Å². The van der Waals surface area contributed by atoms with Crippen LogP contribution >= 0.6 is 0 Å². The second-order valence-electron chi connectivity index (χ2n) is 5.26. The first kappa shape index (κ1) is 17.0. The number of nitrogens with one attached hydrogen (secondary N) is 1. The zero-order valence-electron chi connectivity index (χ0n) is 14.0. The zero-order valence-corrected chi connectivity index (χ0v) is 14.0. The Balaban J connectivity index is 2.26. The highest BCUT2D eigenvalue weighted by Gasteiger charge is 2.25. The molecule has 1 atom stereocenters. The molecule has 0 saturated heterocycles. The zero-order chi connectivity index (χ0) is 16.7. The molecule has 1 unspecified atom stereocenters. The van der Waals surface area contributed by atoms with Gasteiger partial charge in [-0.15, -0.1) is 0 Å². The standard InChI is InChI=1S/C19H24N2O2/c1-4-21(5-2)18(15-10-7-6-8-11-15)19(22)20-16-12-9-13-17(14-16)23-3/h6-14,18H,4-5H2,1-3H3,(H,20,22). The first-order chi connectivity index (χ1) is 11.2. The number of anilines is 1. The largest absolute Gasteiger partial charge is 0.497 e. The summed E-state index contributed by atoms with van der Waals surface area (Å²) in [6, 6.07) is 17.0. The predicted octanol–water partition coefficient (Wildman–Crippen LogP) is 3.72. The third kappa shape index (κ3) is 4.33. The minimum Gasteiger partial charge on any atom is -0.497 e.